The van der Waals surface area contributed by atoms with E-state index in [-0.39, 0.29) is 12.5 Å². The van der Waals surface area contributed by atoms with Gasteiger partial charge in [-0.2, -0.15) is 0 Å². The maximum Gasteiger partial charge on any atom is 0.268 e. The van der Waals surface area contributed by atoms with E-state index in [4.69, 9.17) is 9.05 Å². The van der Waals surface area contributed by atoms with Crippen LogP contribution in [-0.4, -0.2) is 68.5 Å². The molecule has 0 aliphatic carbocycles. The Morgan fingerprint density at radius 1 is 0.576 bits per heavy atom. The van der Waals surface area contributed by atoms with Gasteiger partial charge < -0.3 is 28.8 Å². The molecule has 0 aliphatic rings. The molecule has 8 nitrogen and oxygen atoms in total. The zero-order chi connectivity index (χ0) is 43.6. The quantitative estimate of drug-likeness (QED) is 0.0273. The Kier molecular flexibility index (Phi) is 41.1. The third-order valence-corrected chi connectivity index (χ3v) is 12.0. The first-order chi connectivity index (χ1) is 28.5. The normalized spacial score (nSPS) is 14.5. The summed E-state index contributed by atoms with van der Waals surface area (Å²) < 4.78 is 23.2. The average Bonchev–Trinajstić information content (AvgIpc) is 3.19. The number of phosphoric ester groups is 1. The molecule has 0 heterocycles. The summed E-state index contributed by atoms with van der Waals surface area (Å²) in [5.74, 6) is -0.212. The Balaban J connectivity index is 4.29. The lowest BCUT2D eigenvalue weighted by Crippen LogP contribution is -2.45. The zero-order valence-electron chi connectivity index (χ0n) is 39.5. The molecule has 2 N–H and O–H groups in total. The van der Waals surface area contributed by atoms with Crippen molar-refractivity contribution in [2.24, 2.45) is 0 Å². The van der Waals surface area contributed by atoms with E-state index in [0.29, 0.717) is 17.4 Å². The largest absolute Gasteiger partial charge is 0.756 e. The molecular weight excluding hydrogens is 756 g/mol. The lowest BCUT2D eigenvalue weighted by atomic mass is 10.0. The van der Waals surface area contributed by atoms with Gasteiger partial charge in [0.15, 0.2) is 0 Å². The molecule has 0 radical (unpaired) electrons. The number of quaternary nitrogens is 1. The van der Waals surface area contributed by atoms with Crippen molar-refractivity contribution in [3.8, 4) is 0 Å². The van der Waals surface area contributed by atoms with Crippen LogP contribution in [0.15, 0.2) is 36.5 Å². The first-order valence-corrected chi connectivity index (χ1v) is 26.3. The Morgan fingerprint density at radius 3 is 1.37 bits per heavy atom. The number of carbonyl (C=O) groups excluding carboxylic acids is 1. The van der Waals surface area contributed by atoms with E-state index >= 15 is 0 Å². The van der Waals surface area contributed by atoms with Crippen LogP contribution in [0, 0.1) is 0 Å². The lowest BCUT2D eigenvalue weighted by Gasteiger charge is -2.29. The van der Waals surface area contributed by atoms with Gasteiger partial charge in [-0.05, 0) is 44.9 Å². The minimum Gasteiger partial charge on any atom is -0.756 e. The van der Waals surface area contributed by atoms with Crippen molar-refractivity contribution < 1.29 is 32.9 Å². The first-order valence-electron chi connectivity index (χ1n) is 24.9. The van der Waals surface area contributed by atoms with Crippen LogP contribution in [0.3, 0.4) is 0 Å². The predicted molar refractivity (Wildman–Crippen MR) is 251 cm³/mol. The minimum absolute atomic E-state index is 0.00793. The third kappa shape index (κ3) is 44.6. The molecule has 0 aromatic carbocycles. The number of nitrogens with one attached hydrogen (secondary N) is 1. The smallest absolute Gasteiger partial charge is 0.268 e. The highest BCUT2D eigenvalue weighted by Gasteiger charge is 2.23. The summed E-state index contributed by atoms with van der Waals surface area (Å²) in [7, 11) is 1.24. The van der Waals surface area contributed by atoms with E-state index in [1.165, 1.54) is 161 Å². The Morgan fingerprint density at radius 2 is 0.949 bits per heavy atom. The Bertz CT molecular complexity index is 1060. The molecule has 0 aliphatic heterocycles. The zero-order valence-corrected chi connectivity index (χ0v) is 40.4. The van der Waals surface area contributed by atoms with Crippen molar-refractivity contribution in [1.29, 1.82) is 0 Å². The highest BCUT2D eigenvalue weighted by molar-refractivity contribution is 7.45. The number of carbonyl (C=O) groups is 1. The van der Waals surface area contributed by atoms with E-state index < -0.39 is 26.6 Å². The SMILES string of the molecule is CCCCCCCCCCCCCCCCCC/C=C/CC/C=C/CC/C=C/C(O)C(COP(=O)([O-])OCC[N+](C)(C)C)NC(=O)CCCCCCCCCCCCC. The number of hydrogen-bond acceptors (Lipinski definition) is 6. The second kappa shape index (κ2) is 42.0. The van der Waals surface area contributed by atoms with Gasteiger partial charge in [-0.25, -0.2) is 0 Å². The van der Waals surface area contributed by atoms with Crippen molar-refractivity contribution in [3.63, 3.8) is 0 Å². The van der Waals surface area contributed by atoms with Crippen LogP contribution in [0.2, 0.25) is 0 Å². The van der Waals surface area contributed by atoms with Gasteiger partial charge in [-0.15, -0.1) is 0 Å². The topological polar surface area (TPSA) is 108 Å². The van der Waals surface area contributed by atoms with E-state index in [9.17, 15) is 19.4 Å². The summed E-state index contributed by atoms with van der Waals surface area (Å²) in [5, 5.41) is 13.8. The molecule has 3 unspecified atom stereocenters. The van der Waals surface area contributed by atoms with Gasteiger partial charge in [0.1, 0.15) is 13.2 Å². The summed E-state index contributed by atoms with van der Waals surface area (Å²) in [6, 6.07) is -0.905. The number of amides is 1. The molecule has 0 bridgehead atoms. The standard InChI is InChI=1S/C50H97N2O6P/c1-6-8-10-12-14-16-18-19-20-21-22-23-24-25-26-27-28-29-30-31-32-34-35-37-39-41-43-49(53)48(47-58-59(55,56)57-46-45-52(3,4)5)51-50(54)44-42-40-38-36-33-17-15-13-11-9-7-2/h29-30,34-35,41,43,48-49,53H,6-28,31-33,36-40,42,44-47H2,1-5H3,(H-,51,54,55,56)/b30-29+,35-34+,43-41+. The van der Waals surface area contributed by atoms with Crippen LogP contribution < -0.4 is 10.2 Å². The molecule has 0 saturated heterocycles. The molecule has 0 fully saturated rings. The number of likely N-dealkylation sites (N-methyl/N-ethyl adjacent to an activating group) is 1. The Labute approximate surface area is 366 Å². The predicted octanol–water partition coefficient (Wildman–Crippen LogP) is 13.6. The number of allylic oxidation sites excluding steroid dienone is 5. The third-order valence-electron chi connectivity index (χ3n) is 11.1. The fraction of sp³-hybridized carbons (Fsp3) is 0.860. The molecule has 59 heavy (non-hydrogen) atoms. The maximum atomic E-state index is 12.8. The highest BCUT2D eigenvalue weighted by Crippen LogP contribution is 2.38. The molecule has 0 rings (SSSR count). The van der Waals surface area contributed by atoms with Gasteiger partial charge in [-0.3, -0.25) is 9.36 Å². The van der Waals surface area contributed by atoms with Crippen LogP contribution in [0.25, 0.3) is 0 Å². The number of aliphatic hydroxyl groups is 1. The molecule has 0 aromatic heterocycles. The highest BCUT2D eigenvalue weighted by atomic mass is 31.2. The second-order valence-electron chi connectivity index (χ2n) is 18.2. The van der Waals surface area contributed by atoms with Crippen molar-refractivity contribution in [2.45, 2.75) is 238 Å². The van der Waals surface area contributed by atoms with Crippen molar-refractivity contribution >= 4 is 13.7 Å². The van der Waals surface area contributed by atoms with E-state index in [1.807, 2.05) is 27.2 Å². The number of rotatable bonds is 45. The number of hydrogen-bond donors (Lipinski definition) is 2. The van der Waals surface area contributed by atoms with Crippen molar-refractivity contribution in [2.75, 3.05) is 40.9 Å². The van der Waals surface area contributed by atoms with Crippen LogP contribution >= 0.6 is 7.82 Å². The van der Waals surface area contributed by atoms with Gasteiger partial charge in [0.05, 0.1) is 39.9 Å². The molecule has 9 heteroatoms. The van der Waals surface area contributed by atoms with Crippen LogP contribution in [0.1, 0.15) is 226 Å². The van der Waals surface area contributed by atoms with Crippen molar-refractivity contribution in [3.05, 3.63) is 36.5 Å². The van der Waals surface area contributed by atoms with Gasteiger partial charge in [0, 0.05) is 6.42 Å². The second-order valence-corrected chi connectivity index (χ2v) is 19.6. The number of aliphatic hydroxyl groups excluding tert-OH is 1. The average molecular weight is 853 g/mol. The van der Waals surface area contributed by atoms with E-state index in [0.717, 1.165) is 44.9 Å². The summed E-state index contributed by atoms with van der Waals surface area (Å²) in [6.07, 6.45) is 52.2. The van der Waals surface area contributed by atoms with Crippen LogP contribution in [0.4, 0.5) is 0 Å². The molecule has 0 aromatic rings. The summed E-state index contributed by atoms with van der Waals surface area (Å²) in [6.45, 7) is 4.62. The first kappa shape index (κ1) is 57.7. The van der Waals surface area contributed by atoms with E-state index in [2.05, 4.69) is 43.5 Å². The van der Waals surface area contributed by atoms with Crippen LogP contribution in [0.5, 0.6) is 0 Å². The maximum absolute atomic E-state index is 12.8. The molecule has 0 saturated carbocycles. The van der Waals surface area contributed by atoms with Gasteiger partial charge in [-0.1, -0.05) is 211 Å². The van der Waals surface area contributed by atoms with Crippen LogP contribution in [-0.2, 0) is 18.4 Å². The minimum atomic E-state index is -4.60. The van der Waals surface area contributed by atoms with Crippen molar-refractivity contribution in [1.82, 2.24) is 5.32 Å². The Hall–Kier alpha value is -1.28. The van der Waals surface area contributed by atoms with E-state index in [1.54, 1.807) is 6.08 Å². The molecule has 3 atom stereocenters. The number of phosphoric acid groups is 1. The van der Waals surface area contributed by atoms with Gasteiger partial charge in [0.2, 0.25) is 5.91 Å². The van der Waals surface area contributed by atoms with Gasteiger partial charge >= 0.3 is 0 Å². The molecule has 0 spiro atoms. The number of nitrogens with zero attached hydrogens (tertiary/aromatic N) is 1. The fourth-order valence-corrected chi connectivity index (χ4v) is 7.85. The summed E-state index contributed by atoms with van der Waals surface area (Å²) in [4.78, 5) is 25.3. The fourth-order valence-electron chi connectivity index (χ4n) is 7.13. The molecular formula is C50H97N2O6P. The summed E-state index contributed by atoms with van der Waals surface area (Å²) >= 11 is 0. The summed E-state index contributed by atoms with van der Waals surface area (Å²) in [5.41, 5.74) is 0. The molecule has 348 valence electrons. The van der Waals surface area contributed by atoms with Gasteiger partial charge in [0.25, 0.3) is 7.82 Å². The lowest BCUT2D eigenvalue weighted by molar-refractivity contribution is -0.870. The number of unbranched alkanes of at least 4 members (excludes halogenated alkanes) is 28. The monoisotopic (exact) mass is 853 g/mol. The molecule has 1 amide bonds.